The number of hydrogen-bond donors (Lipinski definition) is 3. The van der Waals surface area contributed by atoms with Crippen LogP contribution < -0.4 is 16.4 Å². The van der Waals surface area contributed by atoms with Gasteiger partial charge in [0, 0.05) is 49.7 Å². The van der Waals surface area contributed by atoms with Gasteiger partial charge in [-0.15, -0.1) is 0 Å². The van der Waals surface area contributed by atoms with Gasteiger partial charge in [0.25, 0.3) is 0 Å². The third kappa shape index (κ3) is 5.02. The minimum absolute atomic E-state index is 0.0307. The van der Waals surface area contributed by atoms with E-state index >= 15 is 0 Å². The lowest BCUT2D eigenvalue weighted by molar-refractivity contribution is 0.154. The van der Waals surface area contributed by atoms with Crippen molar-refractivity contribution in [3.8, 4) is 0 Å². The lowest BCUT2D eigenvalue weighted by Crippen LogP contribution is -2.55. The van der Waals surface area contributed by atoms with Gasteiger partial charge in [0.2, 0.25) is 10.0 Å². The summed E-state index contributed by atoms with van der Waals surface area (Å²) >= 11 is 0. The van der Waals surface area contributed by atoms with Crippen molar-refractivity contribution >= 4 is 33.3 Å². The summed E-state index contributed by atoms with van der Waals surface area (Å²) in [6.07, 6.45) is 1.40. The van der Waals surface area contributed by atoms with E-state index in [1.807, 2.05) is 11.0 Å². The highest BCUT2D eigenvalue weighted by Gasteiger charge is 2.35. The van der Waals surface area contributed by atoms with Crippen LogP contribution >= 0.6 is 0 Å². The maximum absolute atomic E-state index is 13.3. The number of carbonyl (C=O) groups is 1. The summed E-state index contributed by atoms with van der Waals surface area (Å²) in [6, 6.07) is 13.4. The molecule has 0 saturated carbocycles. The maximum Gasteiger partial charge on any atom is 0.324 e. The van der Waals surface area contributed by atoms with E-state index in [0.29, 0.717) is 56.8 Å². The third-order valence-corrected chi connectivity index (χ3v) is 8.48. The van der Waals surface area contributed by atoms with Crippen LogP contribution in [0.1, 0.15) is 25.3 Å². The van der Waals surface area contributed by atoms with E-state index in [9.17, 15) is 13.2 Å². The highest BCUT2D eigenvalue weighted by atomic mass is 32.2. The van der Waals surface area contributed by atoms with Crippen LogP contribution in [-0.4, -0.2) is 62.2 Å². The van der Waals surface area contributed by atoms with E-state index in [4.69, 9.17) is 16.9 Å². The first-order valence-corrected chi connectivity index (χ1v) is 13.0. The number of anilines is 2. The molecule has 2 aliphatic heterocycles. The SMILES string of the molecule is CC1CN(CC2CCN(S(=O)(=O)c3ccc(N)cc3)CC2)C(=O)N(c2cccc(C(=N)N)c2)C1. The summed E-state index contributed by atoms with van der Waals surface area (Å²) in [5.41, 5.74) is 13.2. The number of amides is 2. The van der Waals surface area contributed by atoms with Crippen LogP contribution in [-0.2, 0) is 10.0 Å². The maximum atomic E-state index is 13.3. The molecule has 0 aromatic heterocycles. The van der Waals surface area contributed by atoms with Crippen molar-refractivity contribution in [3.05, 3.63) is 54.1 Å². The van der Waals surface area contributed by atoms with Crippen LogP contribution in [0.5, 0.6) is 0 Å². The van der Waals surface area contributed by atoms with Gasteiger partial charge in [-0.3, -0.25) is 10.3 Å². The summed E-state index contributed by atoms with van der Waals surface area (Å²) in [4.78, 5) is 17.2. The monoisotopic (exact) mass is 484 g/mol. The van der Waals surface area contributed by atoms with Gasteiger partial charge in [-0.1, -0.05) is 19.1 Å². The van der Waals surface area contributed by atoms with E-state index in [-0.39, 0.29) is 28.6 Å². The lowest BCUT2D eigenvalue weighted by Gasteiger charge is -2.41. The van der Waals surface area contributed by atoms with Gasteiger partial charge < -0.3 is 16.4 Å². The zero-order valence-electron chi connectivity index (χ0n) is 19.4. The molecule has 9 nitrogen and oxygen atoms in total. The molecule has 10 heteroatoms. The number of rotatable bonds is 6. The fraction of sp³-hybridized carbons (Fsp3) is 0.417. The molecule has 0 bridgehead atoms. The summed E-state index contributed by atoms with van der Waals surface area (Å²) in [7, 11) is -3.55. The molecule has 34 heavy (non-hydrogen) atoms. The van der Waals surface area contributed by atoms with Crippen LogP contribution in [0, 0.1) is 17.2 Å². The van der Waals surface area contributed by atoms with Gasteiger partial charge in [-0.25, -0.2) is 13.2 Å². The number of sulfonamides is 1. The number of benzene rings is 2. The number of nitrogens with zero attached hydrogens (tertiary/aromatic N) is 3. The summed E-state index contributed by atoms with van der Waals surface area (Å²) in [5, 5.41) is 7.68. The number of urea groups is 1. The van der Waals surface area contributed by atoms with Crippen LogP contribution in [0.25, 0.3) is 0 Å². The topological polar surface area (TPSA) is 137 Å². The molecule has 0 spiro atoms. The van der Waals surface area contributed by atoms with Gasteiger partial charge in [0.05, 0.1) is 4.90 Å². The Morgan fingerprint density at radius 1 is 1.09 bits per heavy atom. The molecule has 1 atom stereocenters. The first-order chi connectivity index (χ1) is 16.1. The van der Waals surface area contributed by atoms with E-state index in [2.05, 4.69) is 6.92 Å². The molecule has 2 aliphatic rings. The fourth-order valence-electron chi connectivity index (χ4n) is 4.72. The van der Waals surface area contributed by atoms with Gasteiger partial charge in [0.15, 0.2) is 0 Å². The van der Waals surface area contributed by atoms with Crippen LogP contribution in [0.2, 0.25) is 0 Å². The second-order valence-corrected chi connectivity index (χ2v) is 11.2. The average Bonchev–Trinajstić information content (AvgIpc) is 2.82. The van der Waals surface area contributed by atoms with Crippen molar-refractivity contribution < 1.29 is 13.2 Å². The second kappa shape index (κ2) is 9.63. The van der Waals surface area contributed by atoms with Crippen molar-refractivity contribution in [3.63, 3.8) is 0 Å². The largest absolute Gasteiger partial charge is 0.399 e. The van der Waals surface area contributed by atoms with Crippen LogP contribution in [0.4, 0.5) is 16.2 Å². The fourth-order valence-corrected chi connectivity index (χ4v) is 6.18. The van der Waals surface area contributed by atoms with Gasteiger partial charge in [-0.05, 0) is 61.1 Å². The number of nitrogens with two attached hydrogens (primary N) is 2. The highest BCUT2D eigenvalue weighted by molar-refractivity contribution is 7.89. The molecule has 2 aromatic rings. The van der Waals surface area contributed by atoms with Crippen LogP contribution in [0.3, 0.4) is 0 Å². The average molecular weight is 485 g/mol. The molecular formula is C24H32N6O3S. The summed E-state index contributed by atoms with van der Waals surface area (Å²) < 4.78 is 27.4. The second-order valence-electron chi connectivity index (χ2n) is 9.28. The van der Waals surface area contributed by atoms with E-state index in [1.165, 1.54) is 4.31 Å². The molecule has 2 amide bonds. The number of amidine groups is 1. The standard InChI is InChI=1S/C24H32N6O3S/c1-17-14-28(24(31)30(15-17)21-4-2-3-19(13-21)23(26)27)16-18-9-11-29(12-10-18)34(32,33)22-7-5-20(25)6-8-22/h2-8,13,17-18H,9-12,14-16,25H2,1H3,(H3,26,27). The molecule has 2 heterocycles. The summed E-state index contributed by atoms with van der Waals surface area (Å²) in [6.45, 7) is 4.85. The molecule has 0 radical (unpaired) electrons. The number of nitrogen functional groups attached to an aromatic ring is 2. The van der Waals surface area contributed by atoms with Crippen molar-refractivity contribution in [2.24, 2.45) is 17.6 Å². The first kappa shape index (κ1) is 24.0. The lowest BCUT2D eigenvalue weighted by atomic mass is 9.96. The molecular weight excluding hydrogens is 452 g/mol. The number of hydrogen-bond acceptors (Lipinski definition) is 5. The number of carbonyl (C=O) groups excluding carboxylic acids is 1. The summed E-state index contributed by atoms with van der Waals surface area (Å²) in [5.74, 6) is 0.485. The predicted octanol–water partition coefficient (Wildman–Crippen LogP) is 2.53. The van der Waals surface area contributed by atoms with Crippen molar-refractivity contribution in [2.75, 3.05) is 43.4 Å². The minimum atomic E-state index is -3.55. The molecule has 5 N–H and O–H groups in total. The Hall–Kier alpha value is -3.11. The highest BCUT2D eigenvalue weighted by Crippen LogP contribution is 2.28. The molecule has 2 fully saturated rings. The van der Waals surface area contributed by atoms with E-state index < -0.39 is 10.0 Å². The quantitative estimate of drug-likeness (QED) is 0.329. The zero-order valence-corrected chi connectivity index (χ0v) is 20.2. The Morgan fingerprint density at radius 2 is 1.76 bits per heavy atom. The van der Waals surface area contributed by atoms with Gasteiger partial charge in [-0.2, -0.15) is 4.31 Å². The molecule has 182 valence electrons. The molecule has 1 unspecified atom stereocenters. The Labute approximate surface area is 200 Å². The normalized spacial score (nSPS) is 20.5. The Kier molecular flexibility index (Phi) is 6.81. The molecule has 0 aliphatic carbocycles. The van der Waals surface area contributed by atoms with Gasteiger partial charge >= 0.3 is 6.03 Å². The molecule has 2 aromatic carbocycles. The van der Waals surface area contributed by atoms with Gasteiger partial charge in [0.1, 0.15) is 5.84 Å². The molecule has 4 rings (SSSR count). The van der Waals surface area contributed by atoms with Crippen molar-refractivity contribution in [1.82, 2.24) is 9.21 Å². The Bertz CT molecular complexity index is 1160. The number of piperidine rings is 1. The zero-order chi connectivity index (χ0) is 24.5. The minimum Gasteiger partial charge on any atom is -0.399 e. The predicted molar refractivity (Wildman–Crippen MR) is 133 cm³/mol. The Balaban J connectivity index is 1.40. The van der Waals surface area contributed by atoms with Crippen LogP contribution in [0.15, 0.2) is 53.4 Å². The Morgan fingerprint density at radius 3 is 2.41 bits per heavy atom. The van der Waals surface area contributed by atoms with E-state index in [0.717, 1.165) is 5.69 Å². The third-order valence-electron chi connectivity index (χ3n) is 6.57. The van der Waals surface area contributed by atoms with E-state index in [1.54, 1.807) is 47.4 Å². The smallest absolute Gasteiger partial charge is 0.324 e. The van der Waals surface area contributed by atoms with Crippen molar-refractivity contribution in [1.29, 1.82) is 5.41 Å². The number of nitrogens with one attached hydrogen (secondary N) is 1. The molecule has 2 saturated heterocycles. The first-order valence-electron chi connectivity index (χ1n) is 11.5. The van der Waals surface area contributed by atoms with Crippen molar-refractivity contribution in [2.45, 2.75) is 24.7 Å².